The van der Waals surface area contributed by atoms with Crippen LogP contribution in [0, 0.1) is 0 Å². The summed E-state index contributed by atoms with van der Waals surface area (Å²) in [5, 5.41) is 1.80. The molecule has 1 N–H and O–H groups in total. The van der Waals surface area contributed by atoms with Crippen molar-refractivity contribution in [2.75, 3.05) is 32.9 Å². The number of aromatic nitrogens is 1. The molecule has 23 heavy (non-hydrogen) atoms. The first-order valence-corrected chi connectivity index (χ1v) is 8.29. The van der Waals surface area contributed by atoms with Crippen LogP contribution < -0.4 is 5.56 Å². The molecule has 1 aliphatic rings. The van der Waals surface area contributed by atoms with E-state index in [1.807, 2.05) is 37.4 Å². The van der Waals surface area contributed by atoms with Gasteiger partial charge < -0.3 is 14.5 Å². The molecule has 0 aliphatic carbocycles. The number of pyridine rings is 1. The molecule has 0 saturated carbocycles. The maximum Gasteiger partial charge on any atom is 0.255 e. The summed E-state index contributed by atoms with van der Waals surface area (Å²) in [7, 11) is 0. The van der Waals surface area contributed by atoms with Crippen LogP contribution in [0.1, 0.15) is 18.9 Å². The van der Waals surface area contributed by atoms with E-state index in [4.69, 9.17) is 9.47 Å². The zero-order valence-corrected chi connectivity index (χ0v) is 13.6. The van der Waals surface area contributed by atoms with Gasteiger partial charge >= 0.3 is 0 Å². The van der Waals surface area contributed by atoms with Crippen molar-refractivity contribution in [2.24, 2.45) is 0 Å². The average molecular weight is 316 g/mol. The summed E-state index contributed by atoms with van der Waals surface area (Å²) in [4.78, 5) is 17.1. The zero-order chi connectivity index (χ0) is 16.1. The van der Waals surface area contributed by atoms with Gasteiger partial charge in [-0.25, -0.2) is 0 Å². The van der Waals surface area contributed by atoms with Crippen LogP contribution in [0.4, 0.5) is 0 Å². The monoisotopic (exact) mass is 316 g/mol. The molecule has 124 valence electrons. The van der Waals surface area contributed by atoms with E-state index < -0.39 is 0 Å². The first-order valence-electron chi connectivity index (χ1n) is 8.29. The molecule has 5 heteroatoms. The van der Waals surface area contributed by atoms with Crippen LogP contribution in [0.25, 0.3) is 10.8 Å². The highest BCUT2D eigenvalue weighted by Gasteiger charge is 2.23. The van der Waals surface area contributed by atoms with Crippen molar-refractivity contribution >= 4 is 10.8 Å². The van der Waals surface area contributed by atoms with Crippen molar-refractivity contribution in [1.29, 1.82) is 0 Å². The molecule has 2 heterocycles. The number of hydrogen-bond donors (Lipinski definition) is 1. The minimum Gasteiger partial charge on any atom is -0.379 e. The number of ether oxygens (including phenoxy) is 2. The Kier molecular flexibility index (Phi) is 5.43. The summed E-state index contributed by atoms with van der Waals surface area (Å²) in [5.41, 5.74) is 1.14. The third kappa shape index (κ3) is 3.99. The molecule has 1 atom stereocenters. The van der Waals surface area contributed by atoms with Crippen LogP contribution in [0.5, 0.6) is 0 Å². The van der Waals surface area contributed by atoms with Gasteiger partial charge in [-0.3, -0.25) is 9.69 Å². The van der Waals surface area contributed by atoms with Gasteiger partial charge in [-0.05, 0) is 30.4 Å². The quantitative estimate of drug-likeness (QED) is 0.795. The fourth-order valence-electron chi connectivity index (χ4n) is 3.14. The Hall–Kier alpha value is -1.69. The first kappa shape index (κ1) is 16.2. The number of rotatable bonds is 7. The molecule has 0 bridgehead atoms. The molecule has 1 aromatic heterocycles. The number of hydrogen-bond acceptors (Lipinski definition) is 4. The molecule has 0 spiro atoms. The molecule has 1 fully saturated rings. The Morgan fingerprint density at radius 3 is 2.91 bits per heavy atom. The SMILES string of the molecule is CCOCCO[C@H]1CCN(Cc2c[nH]c(=O)c3ccccc23)C1. The summed E-state index contributed by atoms with van der Waals surface area (Å²) in [6.07, 6.45) is 3.17. The predicted molar refractivity (Wildman–Crippen MR) is 90.7 cm³/mol. The van der Waals surface area contributed by atoms with Crippen molar-refractivity contribution < 1.29 is 9.47 Å². The van der Waals surface area contributed by atoms with E-state index in [1.54, 1.807) is 0 Å². The number of aromatic amines is 1. The van der Waals surface area contributed by atoms with Crippen LogP contribution in [0.15, 0.2) is 35.3 Å². The fourth-order valence-corrected chi connectivity index (χ4v) is 3.14. The van der Waals surface area contributed by atoms with Crippen LogP contribution in [0.2, 0.25) is 0 Å². The summed E-state index contributed by atoms with van der Waals surface area (Å²) in [5.74, 6) is 0. The normalized spacial score (nSPS) is 18.7. The van der Waals surface area contributed by atoms with Gasteiger partial charge in [0, 0.05) is 37.8 Å². The molecule has 1 aromatic carbocycles. The van der Waals surface area contributed by atoms with Gasteiger partial charge in [0.15, 0.2) is 0 Å². The van der Waals surface area contributed by atoms with E-state index in [1.165, 1.54) is 0 Å². The smallest absolute Gasteiger partial charge is 0.255 e. The predicted octanol–water partition coefficient (Wildman–Crippen LogP) is 2.16. The van der Waals surface area contributed by atoms with Crippen LogP contribution in [0.3, 0.4) is 0 Å². The Balaban J connectivity index is 1.61. The number of fused-ring (bicyclic) bond motifs is 1. The second-order valence-corrected chi connectivity index (χ2v) is 5.90. The lowest BCUT2D eigenvalue weighted by Crippen LogP contribution is -2.24. The maximum atomic E-state index is 11.9. The van der Waals surface area contributed by atoms with Crippen LogP contribution >= 0.6 is 0 Å². The van der Waals surface area contributed by atoms with E-state index in [2.05, 4.69) is 9.88 Å². The third-order valence-corrected chi connectivity index (χ3v) is 4.30. The molecule has 0 unspecified atom stereocenters. The minimum absolute atomic E-state index is 0.0251. The molecule has 3 rings (SSSR count). The number of likely N-dealkylation sites (tertiary alicyclic amines) is 1. The Morgan fingerprint density at radius 2 is 2.09 bits per heavy atom. The van der Waals surface area contributed by atoms with Gasteiger partial charge in [-0.2, -0.15) is 0 Å². The number of benzene rings is 1. The van der Waals surface area contributed by atoms with Crippen molar-refractivity contribution in [2.45, 2.75) is 26.0 Å². The maximum absolute atomic E-state index is 11.9. The van der Waals surface area contributed by atoms with Crippen LogP contribution in [-0.2, 0) is 16.0 Å². The van der Waals surface area contributed by atoms with Gasteiger partial charge in [0.25, 0.3) is 5.56 Å². The molecule has 0 radical (unpaired) electrons. The molecular formula is C18H24N2O3. The van der Waals surface area contributed by atoms with Crippen molar-refractivity contribution in [1.82, 2.24) is 9.88 Å². The van der Waals surface area contributed by atoms with Crippen LogP contribution in [-0.4, -0.2) is 48.9 Å². The van der Waals surface area contributed by atoms with E-state index in [-0.39, 0.29) is 11.7 Å². The fraction of sp³-hybridized carbons (Fsp3) is 0.500. The molecule has 1 aliphatic heterocycles. The average Bonchev–Trinajstić information content (AvgIpc) is 3.02. The molecule has 0 amide bonds. The van der Waals surface area contributed by atoms with E-state index in [9.17, 15) is 4.79 Å². The lowest BCUT2D eigenvalue weighted by atomic mass is 10.1. The minimum atomic E-state index is -0.0251. The van der Waals surface area contributed by atoms with E-state index in [0.717, 1.165) is 49.0 Å². The Labute approximate surface area is 136 Å². The first-order chi connectivity index (χ1) is 11.3. The van der Waals surface area contributed by atoms with Crippen molar-refractivity contribution in [3.8, 4) is 0 Å². The standard InChI is InChI=1S/C18H24N2O3/c1-2-22-9-10-23-15-7-8-20(13-15)12-14-11-19-18(21)17-6-4-3-5-16(14)17/h3-6,11,15H,2,7-10,12-13H2,1H3,(H,19,21)/t15-/m0/s1. The highest BCUT2D eigenvalue weighted by molar-refractivity contribution is 5.84. The number of nitrogens with zero attached hydrogens (tertiary/aromatic N) is 1. The zero-order valence-electron chi connectivity index (χ0n) is 13.6. The summed E-state index contributed by atoms with van der Waals surface area (Å²) in [6, 6.07) is 7.78. The summed E-state index contributed by atoms with van der Waals surface area (Å²) in [6.45, 7) is 6.84. The van der Waals surface area contributed by atoms with Gasteiger partial charge in [0.1, 0.15) is 0 Å². The number of H-pyrrole nitrogens is 1. The Bertz CT molecular complexity index is 698. The second kappa shape index (κ2) is 7.73. The van der Waals surface area contributed by atoms with Gasteiger partial charge in [0.05, 0.1) is 19.3 Å². The summed E-state index contributed by atoms with van der Waals surface area (Å²) < 4.78 is 11.2. The Morgan fingerprint density at radius 1 is 1.26 bits per heavy atom. The second-order valence-electron chi connectivity index (χ2n) is 5.90. The van der Waals surface area contributed by atoms with E-state index in [0.29, 0.717) is 13.2 Å². The molecular weight excluding hydrogens is 292 g/mol. The van der Waals surface area contributed by atoms with Crippen molar-refractivity contribution in [3.05, 3.63) is 46.4 Å². The summed E-state index contributed by atoms with van der Waals surface area (Å²) >= 11 is 0. The molecule has 2 aromatic rings. The lowest BCUT2D eigenvalue weighted by molar-refractivity contribution is 0.0117. The lowest BCUT2D eigenvalue weighted by Gasteiger charge is -2.17. The topological polar surface area (TPSA) is 54.6 Å². The van der Waals surface area contributed by atoms with Gasteiger partial charge in [0.2, 0.25) is 0 Å². The van der Waals surface area contributed by atoms with Gasteiger partial charge in [-0.15, -0.1) is 0 Å². The third-order valence-electron chi connectivity index (χ3n) is 4.30. The van der Waals surface area contributed by atoms with E-state index >= 15 is 0 Å². The highest BCUT2D eigenvalue weighted by Crippen LogP contribution is 2.20. The number of nitrogens with one attached hydrogen (secondary N) is 1. The largest absolute Gasteiger partial charge is 0.379 e. The molecule has 1 saturated heterocycles. The van der Waals surface area contributed by atoms with Crippen molar-refractivity contribution in [3.63, 3.8) is 0 Å². The molecule has 5 nitrogen and oxygen atoms in total. The van der Waals surface area contributed by atoms with Gasteiger partial charge in [-0.1, -0.05) is 18.2 Å². The highest BCUT2D eigenvalue weighted by atomic mass is 16.5.